The van der Waals surface area contributed by atoms with E-state index in [9.17, 15) is 9.90 Å². The van der Waals surface area contributed by atoms with Crippen LogP contribution in [-0.4, -0.2) is 47.7 Å². The molecule has 2 rings (SSSR count). The topological polar surface area (TPSA) is 52.6 Å². The fraction of sp³-hybridized carbons (Fsp3) is 0.909. The molecule has 1 amide bonds. The van der Waals surface area contributed by atoms with E-state index < -0.39 is 0 Å². The Morgan fingerprint density at radius 3 is 2.47 bits per heavy atom. The average Bonchev–Trinajstić information content (AvgIpc) is 2.53. The Labute approximate surface area is 90.6 Å². The second-order valence-corrected chi connectivity index (χ2v) is 4.77. The molecule has 15 heavy (non-hydrogen) atoms. The third kappa shape index (κ3) is 2.49. The summed E-state index contributed by atoms with van der Waals surface area (Å²) in [7, 11) is 1.86. The number of likely N-dealkylation sites (N-methyl/N-ethyl adjacent to an activating group) is 1. The van der Waals surface area contributed by atoms with Crippen molar-refractivity contribution in [2.45, 2.75) is 50.3 Å². The number of aliphatic hydroxyl groups is 1. The predicted octanol–water partition coefficient (Wildman–Crippen LogP) is 0.110. The molecule has 0 spiro atoms. The van der Waals surface area contributed by atoms with Crippen LogP contribution in [0.25, 0.3) is 0 Å². The van der Waals surface area contributed by atoms with Gasteiger partial charge in [0.1, 0.15) is 0 Å². The first-order valence-corrected chi connectivity index (χ1v) is 5.86. The molecule has 0 aromatic heterocycles. The number of amides is 1. The van der Waals surface area contributed by atoms with Crippen LogP contribution in [-0.2, 0) is 4.79 Å². The van der Waals surface area contributed by atoms with Gasteiger partial charge in [-0.15, -0.1) is 0 Å². The molecule has 0 aromatic rings. The van der Waals surface area contributed by atoms with Crippen molar-refractivity contribution in [3.05, 3.63) is 0 Å². The molecule has 4 heteroatoms. The van der Waals surface area contributed by atoms with Gasteiger partial charge < -0.3 is 15.3 Å². The van der Waals surface area contributed by atoms with Crippen molar-refractivity contribution in [1.29, 1.82) is 0 Å². The number of hydrogen-bond donors (Lipinski definition) is 2. The number of likely N-dealkylation sites (tertiary alicyclic amines) is 1. The zero-order chi connectivity index (χ0) is 10.8. The van der Waals surface area contributed by atoms with E-state index >= 15 is 0 Å². The Bertz CT molecular complexity index is 237. The van der Waals surface area contributed by atoms with Crippen molar-refractivity contribution in [2.75, 3.05) is 13.6 Å². The molecule has 2 N–H and O–H groups in total. The summed E-state index contributed by atoms with van der Waals surface area (Å²) < 4.78 is 0. The lowest BCUT2D eigenvalue weighted by Crippen LogP contribution is -2.44. The molecule has 1 unspecified atom stereocenters. The van der Waals surface area contributed by atoms with Gasteiger partial charge in [0.25, 0.3) is 0 Å². The summed E-state index contributed by atoms with van der Waals surface area (Å²) in [6.45, 7) is 0.867. The Balaban J connectivity index is 1.80. The first kappa shape index (κ1) is 10.9. The summed E-state index contributed by atoms with van der Waals surface area (Å²) in [5.41, 5.74) is 0. The minimum atomic E-state index is -0.120. The Morgan fingerprint density at radius 1 is 1.27 bits per heavy atom. The van der Waals surface area contributed by atoms with Gasteiger partial charge in [-0.25, -0.2) is 0 Å². The zero-order valence-electron chi connectivity index (χ0n) is 9.28. The maximum absolute atomic E-state index is 11.7. The van der Waals surface area contributed by atoms with Gasteiger partial charge in [-0.3, -0.25) is 4.79 Å². The van der Waals surface area contributed by atoms with Crippen molar-refractivity contribution >= 4 is 5.91 Å². The minimum Gasteiger partial charge on any atom is -0.393 e. The number of nitrogens with zero attached hydrogens (tertiary/aromatic N) is 1. The highest BCUT2D eigenvalue weighted by molar-refractivity contribution is 5.83. The molecule has 0 bridgehead atoms. The molecule has 4 nitrogen and oxygen atoms in total. The van der Waals surface area contributed by atoms with E-state index in [1.54, 1.807) is 4.90 Å². The minimum absolute atomic E-state index is 0.0234. The molecule has 2 aliphatic rings. The van der Waals surface area contributed by atoms with E-state index in [1.807, 2.05) is 7.05 Å². The highest BCUT2D eigenvalue weighted by atomic mass is 16.3. The molecule has 1 saturated heterocycles. The molecule has 1 heterocycles. The number of rotatable bonds is 2. The van der Waals surface area contributed by atoms with Gasteiger partial charge in [-0.1, -0.05) is 0 Å². The standard InChI is InChI=1S/C11H20N2O2/c1-13-7-6-10(11(13)15)12-8-2-4-9(14)5-3-8/h8-10,12,14H,2-7H2,1H3. The summed E-state index contributed by atoms with van der Waals surface area (Å²) in [5, 5.41) is 12.8. The SMILES string of the molecule is CN1CCC(NC2CCC(O)CC2)C1=O. The summed E-state index contributed by atoms with van der Waals surface area (Å²) in [4.78, 5) is 13.4. The largest absolute Gasteiger partial charge is 0.393 e. The third-order valence-corrected chi connectivity index (χ3v) is 3.56. The van der Waals surface area contributed by atoms with Crippen molar-refractivity contribution in [3.63, 3.8) is 0 Å². The molecule has 1 atom stereocenters. The van der Waals surface area contributed by atoms with Crippen molar-refractivity contribution < 1.29 is 9.90 Å². The normalized spacial score (nSPS) is 37.3. The molecular formula is C11H20N2O2. The Kier molecular flexibility index (Phi) is 3.26. The third-order valence-electron chi connectivity index (χ3n) is 3.56. The van der Waals surface area contributed by atoms with Gasteiger partial charge in [-0.05, 0) is 32.1 Å². The van der Waals surface area contributed by atoms with E-state index in [0.29, 0.717) is 6.04 Å². The van der Waals surface area contributed by atoms with E-state index in [2.05, 4.69) is 5.32 Å². The zero-order valence-corrected chi connectivity index (χ0v) is 9.28. The second-order valence-electron chi connectivity index (χ2n) is 4.77. The fourth-order valence-corrected chi connectivity index (χ4v) is 2.50. The predicted molar refractivity (Wildman–Crippen MR) is 57.4 cm³/mol. The maximum atomic E-state index is 11.7. The van der Waals surface area contributed by atoms with E-state index in [0.717, 1.165) is 38.6 Å². The molecule has 1 aliphatic heterocycles. The lowest BCUT2D eigenvalue weighted by Gasteiger charge is -2.28. The van der Waals surface area contributed by atoms with Gasteiger partial charge in [0.2, 0.25) is 5.91 Å². The lowest BCUT2D eigenvalue weighted by atomic mass is 9.92. The van der Waals surface area contributed by atoms with Crippen LogP contribution in [0.2, 0.25) is 0 Å². The van der Waals surface area contributed by atoms with Crippen LogP contribution in [0.4, 0.5) is 0 Å². The van der Waals surface area contributed by atoms with Crippen molar-refractivity contribution in [2.24, 2.45) is 0 Å². The van der Waals surface area contributed by atoms with Gasteiger partial charge in [0, 0.05) is 19.6 Å². The van der Waals surface area contributed by atoms with Crippen LogP contribution in [0.1, 0.15) is 32.1 Å². The highest BCUT2D eigenvalue weighted by Gasteiger charge is 2.31. The molecule has 2 fully saturated rings. The first-order valence-electron chi connectivity index (χ1n) is 5.86. The van der Waals surface area contributed by atoms with E-state index in [4.69, 9.17) is 0 Å². The second kappa shape index (κ2) is 4.49. The van der Waals surface area contributed by atoms with Gasteiger partial charge in [0.05, 0.1) is 12.1 Å². The molecule has 1 saturated carbocycles. The van der Waals surface area contributed by atoms with Crippen molar-refractivity contribution in [1.82, 2.24) is 10.2 Å². The molecule has 0 aromatic carbocycles. The molecular weight excluding hydrogens is 192 g/mol. The van der Waals surface area contributed by atoms with Crippen LogP contribution >= 0.6 is 0 Å². The average molecular weight is 212 g/mol. The lowest BCUT2D eigenvalue weighted by molar-refractivity contribution is -0.128. The number of carbonyl (C=O) groups is 1. The van der Waals surface area contributed by atoms with Crippen LogP contribution < -0.4 is 5.32 Å². The van der Waals surface area contributed by atoms with E-state index in [-0.39, 0.29) is 18.1 Å². The highest BCUT2D eigenvalue weighted by Crippen LogP contribution is 2.20. The van der Waals surface area contributed by atoms with Gasteiger partial charge in [-0.2, -0.15) is 0 Å². The number of carbonyl (C=O) groups excluding carboxylic acids is 1. The summed E-state index contributed by atoms with van der Waals surface area (Å²) >= 11 is 0. The number of hydrogen-bond acceptors (Lipinski definition) is 3. The summed E-state index contributed by atoms with van der Waals surface area (Å²) in [6.07, 6.45) is 4.53. The van der Waals surface area contributed by atoms with Crippen LogP contribution in [0.3, 0.4) is 0 Å². The fourth-order valence-electron chi connectivity index (χ4n) is 2.50. The van der Waals surface area contributed by atoms with Crippen LogP contribution in [0, 0.1) is 0 Å². The quantitative estimate of drug-likeness (QED) is 0.683. The van der Waals surface area contributed by atoms with Gasteiger partial charge in [0.15, 0.2) is 0 Å². The smallest absolute Gasteiger partial charge is 0.239 e. The number of nitrogens with one attached hydrogen (secondary N) is 1. The summed E-state index contributed by atoms with van der Waals surface area (Å²) in [6, 6.07) is 0.448. The van der Waals surface area contributed by atoms with Crippen LogP contribution in [0.15, 0.2) is 0 Å². The Morgan fingerprint density at radius 2 is 1.93 bits per heavy atom. The molecule has 86 valence electrons. The van der Waals surface area contributed by atoms with Crippen LogP contribution in [0.5, 0.6) is 0 Å². The van der Waals surface area contributed by atoms with Gasteiger partial charge >= 0.3 is 0 Å². The summed E-state index contributed by atoms with van der Waals surface area (Å²) in [5.74, 6) is 0.223. The first-order chi connectivity index (χ1) is 7.16. The Hall–Kier alpha value is -0.610. The molecule has 1 aliphatic carbocycles. The van der Waals surface area contributed by atoms with Crippen molar-refractivity contribution in [3.8, 4) is 0 Å². The monoisotopic (exact) mass is 212 g/mol. The van der Waals surface area contributed by atoms with E-state index in [1.165, 1.54) is 0 Å². The maximum Gasteiger partial charge on any atom is 0.239 e. The number of aliphatic hydroxyl groups excluding tert-OH is 1. The molecule has 0 radical (unpaired) electrons.